The Bertz CT molecular complexity index is 757. The Kier molecular flexibility index (Phi) is 5.59. The molecule has 1 atom stereocenters. The number of piperidine rings is 1. The Morgan fingerprint density at radius 1 is 1.07 bits per heavy atom. The Hall–Kier alpha value is -2.06. The number of hydrogen-bond acceptors (Lipinski definition) is 5. The van der Waals surface area contributed by atoms with Crippen LogP contribution in [0, 0.1) is 0 Å². The summed E-state index contributed by atoms with van der Waals surface area (Å²) in [6.07, 6.45) is -0.383. The SMILES string of the molecule is FC(F)(F)c1cccc(N2CCN(C3CCCN(Cc4ccon4)C3)CC2)c1. The van der Waals surface area contributed by atoms with Crippen LogP contribution < -0.4 is 4.90 Å². The minimum atomic E-state index is -4.30. The summed E-state index contributed by atoms with van der Waals surface area (Å²) < 4.78 is 43.8. The van der Waals surface area contributed by atoms with Gasteiger partial charge in [-0.25, -0.2) is 0 Å². The van der Waals surface area contributed by atoms with Crippen molar-refractivity contribution >= 4 is 5.69 Å². The van der Waals surface area contributed by atoms with Crippen molar-refractivity contribution in [2.24, 2.45) is 0 Å². The highest BCUT2D eigenvalue weighted by Gasteiger charge is 2.32. The summed E-state index contributed by atoms with van der Waals surface area (Å²) in [5.41, 5.74) is 1.03. The van der Waals surface area contributed by atoms with Crippen molar-refractivity contribution in [1.29, 1.82) is 0 Å². The van der Waals surface area contributed by atoms with Crippen molar-refractivity contribution in [2.45, 2.75) is 31.6 Å². The molecule has 1 aromatic heterocycles. The normalized spacial score (nSPS) is 22.5. The van der Waals surface area contributed by atoms with E-state index < -0.39 is 11.7 Å². The van der Waals surface area contributed by atoms with Gasteiger partial charge in [-0.3, -0.25) is 9.80 Å². The maximum absolute atomic E-state index is 13.0. The minimum absolute atomic E-state index is 0.490. The zero-order valence-electron chi connectivity index (χ0n) is 15.7. The molecule has 152 valence electrons. The molecule has 8 heteroatoms. The smallest absolute Gasteiger partial charge is 0.369 e. The molecular weight excluding hydrogens is 369 g/mol. The molecule has 0 radical (unpaired) electrons. The molecule has 0 N–H and O–H groups in total. The first-order valence-electron chi connectivity index (χ1n) is 9.77. The molecule has 0 spiro atoms. The number of rotatable bonds is 4. The van der Waals surface area contributed by atoms with E-state index in [2.05, 4.69) is 19.9 Å². The lowest BCUT2D eigenvalue weighted by atomic mass is 10.0. The van der Waals surface area contributed by atoms with Crippen LogP contribution >= 0.6 is 0 Å². The van der Waals surface area contributed by atoms with Gasteiger partial charge >= 0.3 is 6.18 Å². The van der Waals surface area contributed by atoms with Gasteiger partial charge in [0.1, 0.15) is 6.26 Å². The van der Waals surface area contributed by atoms with E-state index in [0.29, 0.717) is 11.7 Å². The summed E-state index contributed by atoms with van der Waals surface area (Å²) in [6, 6.07) is 8.04. The van der Waals surface area contributed by atoms with Crippen LogP contribution in [-0.4, -0.2) is 60.3 Å². The van der Waals surface area contributed by atoms with Gasteiger partial charge in [-0.1, -0.05) is 11.2 Å². The molecule has 2 fully saturated rings. The lowest BCUT2D eigenvalue weighted by Crippen LogP contribution is -2.55. The number of alkyl halides is 3. The third kappa shape index (κ3) is 4.50. The van der Waals surface area contributed by atoms with Crippen LogP contribution in [0.4, 0.5) is 18.9 Å². The van der Waals surface area contributed by atoms with Crippen molar-refractivity contribution in [3.8, 4) is 0 Å². The van der Waals surface area contributed by atoms with E-state index in [1.54, 1.807) is 12.3 Å². The van der Waals surface area contributed by atoms with Crippen LogP contribution in [0.2, 0.25) is 0 Å². The number of halogens is 3. The summed E-state index contributed by atoms with van der Waals surface area (Å²) in [5, 5.41) is 4.00. The van der Waals surface area contributed by atoms with E-state index in [1.165, 1.54) is 18.6 Å². The maximum atomic E-state index is 13.0. The van der Waals surface area contributed by atoms with E-state index in [9.17, 15) is 13.2 Å². The van der Waals surface area contributed by atoms with Crippen LogP contribution in [0.15, 0.2) is 41.1 Å². The first-order valence-corrected chi connectivity index (χ1v) is 9.77. The first-order chi connectivity index (χ1) is 13.5. The van der Waals surface area contributed by atoms with E-state index in [4.69, 9.17) is 4.52 Å². The third-order valence-electron chi connectivity index (χ3n) is 5.73. The summed E-state index contributed by atoms with van der Waals surface area (Å²) in [7, 11) is 0. The zero-order chi connectivity index (χ0) is 19.6. The molecule has 28 heavy (non-hydrogen) atoms. The quantitative estimate of drug-likeness (QED) is 0.794. The average molecular weight is 394 g/mol. The monoisotopic (exact) mass is 394 g/mol. The Morgan fingerprint density at radius 3 is 2.61 bits per heavy atom. The van der Waals surface area contributed by atoms with Crippen LogP contribution in [0.25, 0.3) is 0 Å². The molecule has 0 amide bonds. The molecule has 1 unspecified atom stereocenters. The van der Waals surface area contributed by atoms with Crippen molar-refractivity contribution in [2.75, 3.05) is 44.2 Å². The largest absolute Gasteiger partial charge is 0.416 e. The number of benzene rings is 1. The van der Waals surface area contributed by atoms with Crippen LogP contribution in [0.5, 0.6) is 0 Å². The molecular formula is C20H25F3N4O. The Labute approximate surface area is 162 Å². The second kappa shape index (κ2) is 8.13. The highest BCUT2D eigenvalue weighted by molar-refractivity contribution is 5.49. The van der Waals surface area contributed by atoms with Crippen molar-refractivity contribution < 1.29 is 17.7 Å². The van der Waals surface area contributed by atoms with Crippen LogP contribution in [0.3, 0.4) is 0 Å². The summed E-state index contributed by atoms with van der Waals surface area (Å²) in [5.74, 6) is 0. The van der Waals surface area contributed by atoms with Gasteiger partial charge in [0.05, 0.1) is 11.3 Å². The summed E-state index contributed by atoms with van der Waals surface area (Å²) in [6.45, 7) is 6.11. The summed E-state index contributed by atoms with van der Waals surface area (Å²) in [4.78, 5) is 6.95. The van der Waals surface area contributed by atoms with E-state index in [1.807, 2.05) is 6.07 Å². The van der Waals surface area contributed by atoms with Crippen molar-refractivity contribution in [3.05, 3.63) is 47.9 Å². The Balaban J connectivity index is 1.32. The predicted molar refractivity (Wildman–Crippen MR) is 100 cm³/mol. The zero-order valence-corrected chi connectivity index (χ0v) is 15.7. The highest BCUT2D eigenvalue weighted by Crippen LogP contribution is 2.32. The van der Waals surface area contributed by atoms with Gasteiger partial charge in [0.15, 0.2) is 0 Å². The molecule has 0 saturated carbocycles. The number of piperazine rings is 1. The van der Waals surface area contributed by atoms with Gasteiger partial charge in [-0.2, -0.15) is 13.2 Å². The molecule has 2 aliphatic rings. The molecule has 1 aromatic carbocycles. The first kappa shape index (κ1) is 19.3. The maximum Gasteiger partial charge on any atom is 0.416 e. The van der Waals surface area contributed by atoms with Gasteiger partial charge < -0.3 is 9.42 Å². The number of likely N-dealkylation sites (tertiary alicyclic amines) is 1. The van der Waals surface area contributed by atoms with Crippen LogP contribution in [-0.2, 0) is 12.7 Å². The van der Waals surface area contributed by atoms with E-state index in [0.717, 1.165) is 64.0 Å². The average Bonchev–Trinajstić information content (AvgIpc) is 3.21. The van der Waals surface area contributed by atoms with Gasteiger partial charge in [0.25, 0.3) is 0 Å². The molecule has 3 heterocycles. The molecule has 4 rings (SSSR count). The second-order valence-corrected chi connectivity index (χ2v) is 7.59. The fourth-order valence-corrected chi connectivity index (χ4v) is 4.25. The number of nitrogens with zero attached hydrogens (tertiary/aromatic N) is 4. The minimum Gasteiger partial charge on any atom is -0.369 e. The highest BCUT2D eigenvalue weighted by atomic mass is 19.4. The van der Waals surface area contributed by atoms with Gasteiger partial charge in [0.2, 0.25) is 0 Å². The van der Waals surface area contributed by atoms with Gasteiger partial charge in [-0.15, -0.1) is 0 Å². The predicted octanol–water partition coefficient (Wildman–Crippen LogP) is 3.48. The molecule has 5 nitrogen and oxygen atoms in total. The van der Waals surface area contributed by atoms with Gasteiger partial charge in [0, 0.05) is 57.1 Å². The number of hydrogen-bond donors (Lipinski definition) is 0. The lowest BCUT2D eigenvalue weighted by Gasteiger charge is -2.44. The van der Waals surface area contributed by atoms with Gasteiger partial charge in [-0.05, 0) is 37.6 Å². The molecule has 2 aliphatic heterocycles. The lowest BCUT2D eigenvalue weighted by molar-refractivity contribution is -0.137. The third-order valence-corrected chi connectivity index (χ3v) is 5.73. The van der Waals surface area contributed by atoms with E-state index in [-0.39, 0.29) is 0 Å². The fraction of sp³-hybridized carbons (Fsp3) is 0.550. The molecule has 0 aliphatic carbocycles. The van der Waals surface area contributed by atoms with Crippen LogP contribution in [0.1, 0.15) is 24.1 Å². The molecule has 2 aromatic rings. The van der Waals surface area contributed by atoms with E-state index >= 15 is 0 Å². The fourth-order valence-electron chi connectivity index (χ4n) is 4.25. The standard InChI is InChI=1S/C20H25F3N4O/c21-20(22,23)16-3-1-4-18(13-16)26-8-10-27(11-9-26)19-5-2-7-25(15-19)14-17-6-12-28-24-17/h1,3-4,6,12-13,19H,2,5,7-11,14-15H2. The summed E-state index contributed by atoms with van der Waals surface area (Å²) >= 11 is 0. The second-order valence-electron chi connectivity index (χ2n) is 7.59. The number of aromatic nitrogens is 1. The van der Waals surface area contributed by atoms with Crippen molar-refractivity contribution in [3.63, 3.8) is 0 Å². The number of anilines is 1. The molecule has 2 saturated heterocycles. The Morgan fingerprint density at radius 2 is 1.89 bits per heavy atom. The van der Waals surface area contributed by atoms with Crippen molar-refractivity contribution in [1.82, 2.24) is 15.0 Å². The topological polar surface area (TPSA) is 35.8 Å². The molecule has 0 bridgehead atoms.